The number of ether oxygens (including phenoxy) is 7. The molecule has 0 saturated heterocycles. The summed E-state index contributed by atoms with van der Waals surface area (Å²) in [4.78, 5) is 0. The second-order valence-electron chi connectivity index (χ2n) is 9.44. The van der Waals surface area contributed by atoms with Gasteiger partial charge in [-0.05, 0) is 90.4 Å². The van der Waals surface area contributed by atoms with Crippen LogP contribution in [0.3, 0.4) is 0 Å². The zero-order valence-electron chi connectivity index (χ0n) is 23.3. The van der Waals surface area contributed by atoms with Crippen LogP contribution in [0.15, 0.2) is 72.8 Å². The quantitative estimate of drug-likeness (QED) is 0.195. The maximum absolute atomic E-state index is 6.36. The highest BCUT2D eigenvalue weighted by Gasteiger charge is 2.20. The van der Waals surface area contributed by atoms with Crippen molar-refractivity contribution in [1.29, 1.82) is 0 Å². The van der Waals surface area contributed by atoms with Gasteiger partial charge in [0.25, 0.3) is 0 Å². The van der Waals surface area contributed by atoms with Gasteiger partial charge in [-0.3, -0.25) is 0 Å². The fourth-order valence-electron chi connectivity index (χ4n) is 4.79. The lowest BCUT2D eigenvalue weighted by atomic mass is 10.0. The van der Waals surface area contributed by atoms with Crippen LogP contribution < -0.4 is 33.2 Å². The number of rotatable bonds is 12. The summed E-state index contributed by atoms with van der Waals surface area (Å²) in [6.45, 7) is 0.215. The van der Waals surface area contributed by atoms with E-state index in [1.807, 2.05) is 48.5 Å². The van der Waals surface area contributed by atoms with E-state index in [1.54, 1.807) is 28.4 Å². The molecule has 0 fully saturated rings. The van der Waals surface area contributed by atoms with Crippen molar-refractivity contribution in [2.75, 3.05) is 35.2 Å². The van der Waals surface area contributed by atoms with E-state index >= 15 is 0 Å². The summed E-state index contributed by atoms with van der Waals surface area (Å²) in [6, 6.07) is 24.1. The molecule has 4 aromatic carbocycles. The number of methoxy groups -OCH3 is 4. The minimum absolute atomic E-state index is 0.215. The van der Waals surface area contributed by atoms with Crippen molar-refractivity contribution in [2.45, 2.75) is 25.7 Å². The standard InChI is InChI=1S/C33H34O7/c1-34-26-14-11-22(12-15-26)10-13-25-19-30(29(36-3)20-28(25)35-2)40-27-7-5-6-23(16-27)8-9-24-17-31(37-4)33-32(18-24)38-21-39-33/h5-7,11-12,14-20H,8-10,13,21H2,1-4H3. The van der Waals surface area contributed by atoms with Crippen LogP contribution in [-0.2, 0) is 25.7 Å². The molecule has 40 heavy (non-hydrogen) atoms. The van der Waals surface area contributed by atoms with E-state index in [1.165, 1.54) is 5.56 Å². The molecule has 0 atom stereocenters. The molecule has 0 bridgehead atoms. The summed E-state index contributed by atoms with van der Waals surface area (Å²) in [5, 5.41) is 0. The van der Waals surface area contributed by atoms with Crippen molar-refractivity contribution in [2.24, 2.45) is 0 Å². The Morgan fingerprint density at radius 2 is 1.30 bits per heavy atom. The first-order valence-corrected chi connectivity index (χ1v) is 13.2. The van der Waals surface area contributed by atoms with Crippen LogP contribution in [0, 0.1) is 0 Å². The van der Waals surface area contributed by atoms with Gasteiger partial charge in [-0.15, -0.1) is 0 Å². The lowest BCUT2D eigenvalue weighted by Crippen LogP contribution is -1.99. The van der Waals surface area contributed by atoms with E-state index in [4.69, 9.17) is 33.2 Å². The molecule has 0 saturated carbocycles. The SMILES string of the molecule is COc1ccc(CCc2cc(Oc3cccc(CCc4cc(OC)c5c(c4)OCO5)c3)c(OC)cc2OC)cc1. The summed E-state index contributed by atoms with van der Waals surface area (Å²) >= 11 is 0. The monoisotopic (exact) mass is 542 g/mol. The van der Waals surface area contributed by atoms with Gasteiger partial charge in [0.05, 0.1) is 28.4 Å². The Kier molecular flexibility index (Phi) is 8.50. The Morgan fingerprint density at radius 1 is 0.550 bits per heavy atom. The minimum Gasteiger partial charge on any atom is -0.497 e. The van der Waals surface area contributed by atoms with E-state index in [-0.39, 0.29) is 6.79 Å². The van der Waals surface area contributed by atoms with Crippen molar-refractivity contribution in [3.8, 4) is 46.0 Å². The fraction of sp³-hybridized carbons (Fsp3) is 0.273. The average molecular weight is 543 g/mol. The topological polar surface area (TPSA) is 64.6 Å². The van der Waals surface area contributed by atoms with Gasteiger partial charge in [-0.1, -0.05) is 24.3 Å². The van der Waals surface area contributed by atoms with E-state index in [0.717, 1.165) is 65.4 Å². The van der Waals surface area contributed by atoms with Crippen LogP contribution in [0.1, 0.15) is 22.3 Å². The van der Waals surface area contributed by atoms with Crippen LogP contribution in [0.2, 0.25) is 0 Å². The van der Waals surface area contributed by atoms with Gasteiger partial charge < -0.3 is 33.2 Å². The summed E-state index contributed by atoms with van der Waals surface area (Å²) in [6.07, 6.45) is 3.28. The molecule has 4 aromatic rings. The first kappa shape index (κ1) is 27.1. The third kappa shape index (κ3) is 6.20. The number of benzene rings is 4. The minimum atomic E-state index is 0.215. The molecule has 0 aliphatic carbocycles. The molecular weight excluding hydrogens is 508 g/mol. The molecule has 1 aliphatic heterocycles. The van der Waals surface area contributed by atoms with Gasteiger partial charge in [0, 0.05) is 6.07 Å². The Hall–Kier alpha value is -4.52. The third-order valence-corrected chi connectivity index (χ3v) is 6.96. The number of hydrogen-bond donors (Lipinski definition) is 0. The molecule has 0 spiro atoms. The Balaban J connectivity index is 1.30. The Labute approximate surface area is 235 Å². The smallest absolute Gasteiger partial charge is 0.231 e. The molecule has 0 aromatic heterocycles. The molecule has 208 valence electrons. The molecule has 0 N–H and O–H groups in total. The average Bonchev–Trinajstić information content (AvgIpc) is 3.48. The Bertz CT molecular complexity index is 1450. The molecule has 7 nitrogen and oxygen atoms in total. The zero-order chi connectivity index (χ0) is 27.9. The van der Waals surface area contributed by atoms with Crippen LogP contribution >= 0.6 is 0 Å². The van der Waals surface area contributed by atoms with Crippen molar-refractivity contribution in [3.05, 3.63) is 95.1 Å². The van der Waals surface area contributed by atoms with Gasteiger partial charge in [-0.25, -0.2) is 0 Å². The molecule has 1 aliphatic rings. The van der Waals surface area contributed by atoms with Crippen LogP contribution in [-0.4, -0.2) is 35.2 Å². The van der Waals surface area contributed by atoms with E-state index in [9.17, 15) is 0 Å². The maximum Gasteiger partial charge on any atom is 0.231 e. The molecular formula is C33H34O7. The Morgan fingerprint density at radius 3 is 2.05 bits per heavy atom. The molecule has 1 heterocycles. The lowest BCUT2D eigenvalue weighted by molar-refractivity contribution is 0.171. The normalized spacial score (nSPS) is 11.7. The van der Waals surface area contributed by atoms with Crippen molar-refractivity contribution in [3.63, 3.8) is 0 Å². The van der Waals surface area contributed by atoms with Gasteiger partial charge >= 0.3 is 0 Å². The van der Waals surface area contributed by atoms with E-state index in [2.05, 4.69) is 24.3 Å². The predicted octanol–water partition coefficient (Wildman–Crippen LogP) is 6.81. The fourth-order valence-corrected chi connectivity index (χ4v) is 4.79. The van der Waals surface area contributed by atoms with Gasteiger partial charge in [-0.2, -0.15) is 0 Å². The zero-order valence-corrected chi connectivity index (χ0v) is 23.3. The highest BCUT2D eigenvalue weighted by atomic mass is 16.7. The van der Waals surface area contributed by atoms with Crippen LogP contribution in [0.25, 0.3) is 0 Å². The van der Waals surface area contributed by atoms with Crippen molar-refractivity contribution >= 4 is 0 Å². The first-order valence-electron chi connectivity index (χ1n) is 13.2. The second kappa shape index (κ2) is 12.6. The molecule has 7 heteroatoms. The second-order valence-corrected chi connectivity index (χ2v) is 9.44. The predicted molar refractivity (Wildman–Crippen MR) is 153 cm³/mol. The number of fused-ring (bicyclic) bond motifs is 1. The molecule has 0 radical (unpaired) electrons. The largest absolute Gasteiger partial charge is 0.497 e. The molecule has 0 amide bonds. The van der Waals surface area contributed by atoms with Crippen LogP contribution in [0.5, 0.6) is 46.0 Å². The van der Waals surface area contributed by atoms with E-state index in [0.29, 0.717) is 23.0 Å². The van der Waals surface area contributed by atoms with Gasteiger partial charge in [0.15, 0.2) is 23.0 Å². The highest BCUT2D eigenvalue weighted by molar-refractivity contribution is 5.55. The van der Waals surface area contributed by atoms with Crippen molar-refractivity contribution < 1.29 is 33.2 Å². The van der Waals surface area contributed by atoms with Crippen molar-refractivity contribution in [1.82, 2.24) is 0 Å². The summed E-state index contributed by atoms with van der Waals surface area (Å²) < 4.78 is 39.5. The lowest BCUT2D eigenvalue weighted by Gasteiger charge is -2.16. The summed E-state index contributed by atoms with van der Waals surface area (Å²) in [5.74, 6) is 5.69. The van der Waals surface area contributed by atoms with E-state index < -0.39 is 0 Å². The van der Waals surface area contributed by atoms with Crippen LogP contribution in [0.4, 0.5) is 0 Å². The summed E-state index contributed by atoms with van der Waals surface area (Å²) in [7, 11) is 6.62. The summed E-state index contributed by atoms with van der Waals surface area (Å²) in [5.41, 5.74) is 4.53. The van der Waals surface area contributed by atoms with Gasteiger partial charge in [0.1, 0.15) is 17.2 Å². The maximum atomic E-state index is 6.36. The molecule has 5 rings (SSSR count). The number of aryl methyl sites for hydroxylation is 4. The third-order valence-electron chi connectivity index (χ3n) is 6.96. The first-order chi connectivity index (χ1) is 19.6. The number of hydrogen-bond acceptors (Lipinski definition) is 7. The highest BCUT2D eigenvalue weighted by Crippen LogP contribution is 2.42. The molecule has 0 unspecified atom stereocenters. The van der Waals surface area contributed by atoms with Gasteiger partial charge in [0.2, 0.25) is 12.5 Å².